The second-order valence-corrected chi connectivity index (χ2v) is 8.72. The number of rotatable bonds is 17. The van der Waals surface area contributed by atoms with Crippen LogP contribution >= 0.6 is 0 Å². The highest BCUT2D eigenvalue weighted by Crippen LogP contribution is 2.21. The number of hydrogen-bond donors (Lipinski definition) is 0. The zero-order valence-electron chi connectivity index (χ0n) is 19.6. The van der Waals surface area contributed by atoms with Crippen LogP contribution in [-0.2, 0) is 7.05 Å². The van der Waals surface area contributed by atoms with Crippen LogP contribution in [0.4, 0.5) is 0 Å². The van der Waals surface area contributed by atoms with Gasteiger partial charge in [-0.25, -0.2) is 4.57 Å². The molecule has 0 radical (unpaired) electrons. The summed E-state index contributed by atoms with van der Waals surface area (Å²) in [6.45, 7) is 3.12. The molecule has 0 aliphatic carbocycles. The summed E-state index contributed by atoms with van der Waals surface area (Å²) >= 11 is 0. The van der Waals surface area contributed by atoms with Crippen LogP contribution in [0.15, 0.2) is 48.8 Å². The van der Waals surface area contributed by atoms with E-state index in [1.54, 1.807) is 0 Å². The number of aromatic nitrogens is 1. The number of hydrogen-bond acceptors (Lipinski definition) is 1. The lowest BCUT2D eigenvalue weighted by atomic mass is 10.0. The molecule has 2 aromatic rings. The van der Waals surface area contributed by atoms with Gasteiger partial charge in [-0.1, -0.05) is 103 Å². The van der Waals surface area contributed by atoms with E-state index in [2.05, 4.69) is 60.3 Å². The average molecular weight is 411 g/mol. The number of unbranched alkanes of at least 4 members (excludes halogenated alkanes) is 13. The molecule has 1 aromatic heterocycles. The Bertz CT molecular complexity index is 647. The summed E-state index contributed by atoms with van der Waals surface area (Å²) in [6, 6.07) is 12.8. The molecular formula is C28H44NO+. The van der Waals surface area contributed by atoms with Crippen LogP contribution in [0.1, 0.15) is 96.8 Å². The molecule has 0 atom stereocenters. The Hall–Kier alpha value is -1.83. The largest absolute Gasteiger partial charge is 0.494 e. The first-order valence-corrected chi connectivity index (χ1v) is 12.5. The van der Waals surface area contributed by atoms with Crippen molar-refractivity contribution >= 4 is 0 Å². The maximum atomic E-state index is 5.92. The van der Waals surface area contributed by atoms with Crippen LogP contribution in [0.3, 0.4) is 0 Å². The highest BCUT2D eigenvalue weighted by atomic mass is 16.5. The van der Waals surface area contributed by atoms with Crippen LogP contribution in [0.2, 0.25) is 0 Å². The van der Waals surface area contributed by atoms with Crippen LogP contribution < -0.4 is 9.30 Å². The maximum Gasteiger partial charge on any atom is 0.169 e. The standard InChI is InChI=1S/C28H44NO/c1-3-4-5-6-7-8-9-10-11-12-13-14-15-16-25-30-28-19-17-26(18-20-28)27-21-23-29(2)24-22-27/h17-24H,3-16,25H2,1-2H3/q+1. The van der Waals surface area contributed by atoms with Gasteiger partial charge in [-0.2, -0.15) is 0 Å². The molecule has 166 valence electrons. The molecule has 1 heterocycles. The van der Waals surface area contributed by atoms with E-state index in [-0.39, 0.29) is 0 Å². The number of ether oxygens (including phenoxy) is 1. The summed E-state index contributed by atoms with van der Waals surface area (Å²) in [4.78, 5) is 0. The molecule has 0 aliphatic heterocycles. The van der Waals surface area contributed by atoms with Crippen LogP contribution in [0.5, 0.6) is 5.75 Å². The zero-order valence-corrected chi connectivity index (χ0v) is 19.6. The molecule has 0 bridgehead atoms. The number of nitrogens with zero attached hydrogens (tertiary/aromatic N) is 1. The van der Waals surface area contributed by atoms with Gasteiger partial charge in [-0.05, 0) is 29.7 Å². The fourth-order valence-electron chi connectivity index (χ4n) is 3.92. The molecule has 0 unspecified atom stereocenters. The summed E-state index contributed by atoms with van der Waals surface area (Å²) in [7, 11) is 2.04. The van der Waals surface area contributed by atoms with Crippen molar-refractivity contribution in [3.05, 3.63) is 48.8 Å². The molecule has 0 amide bonds. The third-order valence-corrected chi connectivity index (χ3v) is 5.93. The van der Waals surface area contributed by atoms with Crippen molar-refractivity contribution in [1.29, 1.82) is 0 Å². The summed E-state index contributed by atoms with van der Waals surface area (Å²) in [5.41, 5.74) is 2.48. The minimum atomic E-state index is 0.832. The first kappa shape index (κ1) is 24.4. The molecule has 0 spiro atoms. The third kappa shape index (κ3) is 10.8. The fraction of sp³-hybridized carbons (Fsp3) is 0.607. The highest BCUT2D eigenvalue weighted by molar-refractivity contribution is 5.63. The van der Waals surface area contributed by atoms with Crippen molar-refractivity contribution in [2.45, 2.75) is 96.8 Å². The maximum absolute atomic E-state index is 5.92. The van der Waals surface area contributed by atoms with Gasteiger partial charge >= 0.3 is 0 Å². The highest BCUT2D eigenvalue weighted by Gasteiger charge is 2.01. The van der Waals surface area contributed by atoms with Gasteiger partial charge in [-0.15, -0.1) is 0 Å². The zero-order chi connectivity index (χ0) is 21.3. The van der Waals surface area contributed by atoms with E-state index < -0.39 is 0 Å². The Balaban J connectivity index is 1.41. The SMILES string of the molecule is CCCCCCCCCCCCCCCCOc1ccc(-c2cc[n+](C)cc2)cc1. The molecular weight excluding hydrogens is 366 g/mol. The van der Waals surface area contributed by atoms with Crippen molar-refractivity contribution in [1.82, 2.24) is 0 Å². The lowest BCUT2D eigenvalue weighted by Crippen LogP contribution is -2.25. The predicted molar refractivity (Wildman–Crippen MR) is 129 cm³/mol. The van der Waals surface area contributed by atoms with Crippen molar-refractivity contribution in [2.75, 3.05) is 6.61 Å². The molecule has 30 heavy (non-hydrogen) atoms. The van der Waals surface area contributed by atoms with Crippen molar-refractivity contribution in [2.24, 2.45) is 7.05 Å². The smallest absolute Gasteiger partial charge is 0.169 e. The van der Waals surface area contributed by atoms with E-state index in [1.807, 2.05) is 7.05 Å². The molecule has 2 heteroatoms. The molecule has 0 fully saturated rings. The molecule has 2 rings (SSSR count). The normalized spacial score (nSPS) is 11.0. The van der Waals surface area contributed by atoms with Gasteiger partial charge in [-0.3, -0.25) is 0 Å². The summed E-state index contributed by atoms with van der Waals surface area (Å²) in [5.74, 6) is 0.981. The van der Waals surface area contributed by atoms with Crippen LogP contribution in [0, 0.1) is 0 Å². The lowest BCUT2D eigenvalue weighted by Gasteiger charge is -2.07. The molecule has 0 saturated heterocycles. The van der Waals surface area contributed by atoms with Crippen molar-refractivity contribution < 1.29 is 9.30 Å². The Morgan fingerprint density at radius 2 is 1.00 bits per heavy atom. The van der Waals surface area contributed by atoms with E-state index in [9.17, 15) is 0 Å². The van der Waals surface area contributed by atoms with E-state index in [1.165, 1.54) is 94.6 Å². The minimum absolute atomic E-state index is 0.832. The van der Waals surface area contributed by atoms with Crippen LogP contribution in [-0.4, -0.2) is 6.61 Å². The number of benzene rings is 1. The average Bonchev–Trinajstić information content (AvgIpc) is 2.77. The number of pyridine rings is 1. The van der Waals surface area contributed by atoms with Gasteiger partial charge in [0.2, 0.25) is 0 Å². The van der Waals surface area contributed by atoms with Gasteiger partial charge in [0.05, 0.1) is 6.61 Å². The fourth-order valence-corrected chi connectivity index (χ4v) is 3.92. The Kier molecular flexibility index (Phi) is 13.0. The minimum Gasteiger partial charge on any atom is -0.494 e. The first-order chi connectivity index (χ1) is 14.8. The lowest BCUT2D eigenvalue weighted by molar-refractivity contribution is -0.671. The monoisotopic (exact) mass is 410 g/mol. The summed E-state index contributed by atoms with van der Waals surface area (Å²) in [5, 5.41) is 0. The van der Waals surface area contributed by atoms with Gasteiger partial charge in [0, 0.05) is 12.1 Å². The Labute approximate surface area is 185 Å². The Morgan fingerprint density at radius 1 is 0.567 bits per heavy atom. The second kappa shape index (κ2) is 15.9. The van der Waals surface area contributed by atoms with E-state index in [0.29, 0.717) is 0 Å². The van der Waals surface area contributed by atoms with Gasteiger partial charge in [0.1, 0.15) is 12.8 Å². The summed E-state index contributed by atoms with van der Waals surface area (Å²) < 4.78 is 7.97. The van der Waals surface area contributed by atoms with E-state index >= 15 is 0 Å². The van der Waals surface area contributed by atoms with Crippen LogP contribution in [0.25, 0.3) is 11.1 Å². The Morgan fingerprint density at radius 3 is 1.50 bits per heavy atom. The molecule has 0 aliphatic rings. The van der Waals surface area contributed by atoms with Crippen molar-refractivity contribution in [3.8, 4) is 16.9 Å². The quantitative estimate of drug-likeness (QED) is 0.190. The molecule has 1 aromatic carbocycles. The topological polar surface area (TPSA) is 13.1 Å². The second-order valence-electron chi connectivity index (χ2n) is 8.72. The molecule has 0 saturated carbocycles. The number of aryl methyl sites for hydroxylation is 1. The van der Waals surface area contributed by atoms with Gasteiger partial charge < -0.3 is 4.74 Å². The summed E-state index contributed by atoms with van der Waals surface area (Å²) in [6.07, 6.45) is 23.6. The van der Waals surface area contributed by atoms with Gasteiger partial charge in [0.15, 0.2) is 12.4 Å². The van der Waals surface area contributed by atoms with E-state index in [0.717, 1.165) is 18.8 Å². The van der Waals surface area contributed by atoms with E-state index in [4.69, 9.17) is 4.74 Å². The predicted octanol–water partition coefficient (Wildman–Crippen LogP) is 8.04. The first-order valence-electron chi connectivity index (χ1n) is 12.5. The third-order valence-electron chi connectivity index (χ3n) is 5.93. The molecule has 0 N–H and O–H groups in total. The molecule has 2 nitrogen and oxygen atoms in total. The van der Waals surface area contributed by atoms with Gasteiger partial charge in [0.25, 0.3) is 0 Å². The van der Waals surface area contributed by atoms with Crippen molar-refractivity contribution in [3.63, 3.8) is 0 Å².